The third-order valence-corrected chi connectivity index (χ3v) is 8.76. The van der Waals surface area contributed by atoms with E-state index in [1.807, 2.05) is 37.3 Å². The van der Waals surface area contributed by atoms with Gasteiger partial charge in [-0.3, -0.25) is 14.8 Å². The molecule has 0 unspecified atom stereocenters. The molecule has 5 heterocycles. The quantitative estimate of drug-likeness (QED) is 0.244. The number of aromatic nitrogens is 5. The molecule has 1 saturated heterocycles. The van der Waals surface area contributed by atoms with Crippen LogP contribution < -0.4 is 14.4 Å². The molecule has 2 aliphatic rings. The molecule has 0 saturated carbocycles. The van der Waals surface area contributed by atoms with Gasteiger partial charge in [-0.25, -0.2) is 4.98 Å². The maximum absolute atomic E-state index is 12.3. The molecular formula is C34H36N8O3. The summed E-state index contributed by atoms with van der Waals surface area (Å²) in [6.45, 7) is 14.2. The van der Waals surface area contributed by atoms with Crippen molar-refractivity contribution >= 4 is 33.5 Å². The van der Waals surface area contributed by atoms with Crippen molar-refractivity contribution in [3.8, 4) is 23.4 Å². The lowest BCUT2D eigenvalue weighted by Crippen LogP contribution is -2.48. The van der Waals surface area contributed by atoms with E-state index in [1.165, 1.54) is 17.2 Å². The highest BCUT2D eigenvalue weighted by molar-refractivity contribution is 5.94. The van der Waals surface area contributed by atoms with Crippen LogP contribution in [-0.2, 0) is 17.8 Å². The maximum Gasteiger partial charge on any atom is 0.324 e. The number of nitrogens with one attached hydrogen (secondary N) is 1. The maximum atomic E-state index is 12.3. The third-order valence-electron chi connectivity index (χ3n) is 8.76. The molecule has 45 heavy (non-hydrogen) atoms. The van der Waals surface area contributed by atoms with Crippen LogP contribution in [0.1, 0.15) is 30.5 Å². The summed E-state index contributed by atoms with van der Waals surface area (Å²) in [5.74, 6) is 2.41. The summed E-state index contributed by atoms with van der Waals surface area (Å²) in [6, 6.07) is 12.7. The van der Waals surface area contributed by atoms with Crippen LogP contribution in [0.2, 0.25) is 0 Å². The second kappa shape index (κ2) is 11.8. The van der Waals surface area contributed by atoms with Crippen LogP contribution in [0, 0.1) is 6.92 Å². The Bertz CT molecular complexity index is 1910. The molecule has 5 aromatic rings. The van der Waals surface area contributed by atoms with Crippen LogP contribution >= 0.6 is 0 Å². The number of pyridine rings is 1. The van der Waals surface area contributed by atoms with Crippen molar-refractivity contribution in [3.05, 3.63) is 78.1 Å². The Balaban J connectivity index is 1.31. The van der Waals surface area contributed by atoms with Gasteiger partial charge in [0.25, 0.3) is 0 Å². The second-order valence-electron chi connectivity index (χ2n) is 11.8. The van der Waals surface area contributed by atoms with Crippen LogP contribution in [-0.4, -0.2) is 79.6 Å². The number of anilines is 1. The highest BCUT2D eigenvalue weighted by atomic mass is 16.5. The Morgan fingerprint density at radius 1 is 1.02 bits per heavy atom. The molecule has 0 aliphatic carbocycles. The molecule has 230 valence electrons. The van der Waals surface area contributed by atoms with E-state index in [1.54, 1.807) is 17.3 Å². The van der Waals surface area contributed by atoms with Gasteiger partial charge >= 0.3 is 6.01 Å². The summed E-state index contributed by atoms with van der Waals surface area (Å²) in [5, 5.41) is 8.85. The molecule has 0 bridgehead atoms. The monoisotopic (exact) mass is 604 g/mol. The van der Waals surface area contributed by atoms with Gasteiger partial charge in [0, 0.05) is 57.1 Å². The Morgan fingerprint density at radius 2 is 1.87 bits per heavy atom. The van der Waals surface area contributed by atoms with Crippen LogP contribution in [0.4, 0.5) is 5.82 Å². The first kappa shape index (κ1) is 28.7. The number of fused-ring (bicyclic) bond motifs is 3. The fourth-order valence-corrected chi connectivity index (χ4v) is 6.19. The molecule has 3 aromatic heterocycles. The van der Waals surface area contributed by atoms with Gasteiger partial charge in [0.05, 0.1) is 22.5 Å². The van der Waals surface area contributed by atoms with Crippen molar-refractivity contribution in [2.24, 2.45) is 0 Å². The van der Waals surface area contributed by atoms with E-state index in [0.717, 1.165) is 47.1 Å². The molecule has 2 aromatic carbocycles. The minimum absolute atomic E-state index is 0.0696. The SMILES string of the molecule is C=CC(=O)N1CCN(c2nc(Oc3cccc4c3CCN(C(C)C)C4)nc3c(Oc4c(C)ccc5[nH]ncc45)nccc23)CC1. The average molecular weight is 605 g/mol. The van der Waals surface area contributed by atoms with E-state index in [-0.39, 0.29) is 11.9 Å². The Labute approximate surface area is 261 Å². The zero-order chi connectivity index (χ0) is 31.1. The van der Waals surface area contributed by atoms with E-state index in [4.69, 9.17) is 19.4 Å². The van der Waals surface area contributed by atoms with Crippen LogP contribution in [0.5, 0.6) is 23.4 Å². The van der Waals surface area contributed by atoms with E-state index in [0.29, 0.717) is 55.2 Å². The molecule has 1 fully saturated rings. The largest absolute Gasteiger partial charge is 0.436 e. The van der Waals surface area contributed by atoms with Crippen LogP contribution in [0.3, 0.4) is 0 Å². The van der Waals surface area contributed by atoms with Gasteiger partial charge in [-0.1, -0.05) is 24.8 Å². The number of hydrogen-bond acceptors (Lipinski definition) is 9. The van der Waals surface area contributed by atoms with Crippen molar-refractivity contribution in [2.45, 2.75) is 39.8 Å². The summed E-state index contributed by atoms with van der Waals surface area (Å²) in [5.41, 5.74) is 4.79. The Morgan fingerprint density at radius 3 is 2.67 bits per heavy atom. The molecule has 1 N–H and O–H groups in total. The predicted molar refractivity (Wildman–Crippen MR) is 173 cm³/mol. The number of benzene rings is 2. The van der Waals surface area contributed by atoms with Gasteiger partial charge in [0.15, 0.2) is 0 Å². The second-order valence-corrected chi connectivity index (χ2v) is 11.8. The van der Waals surface area contributed by atoms with Crippen molar-refractivity contribution in [1.82, 2.24) is 34.9 Å². The van der Waals surface area contributed by atoms with Crippen molar-refractivity contribution in [3.63, 3.8) is 0 Å². The predicted octanol–water partition coefficient (Wildman–Crippen LogP) is 5.40. The third kappa shape index (κ3) is 5.44. The molecule has 11 nitrogen and oxygen atoms in total. The standard InChI is InChI=1S/C34H36N8O3/c1-5-29(43)40-15-17-41(18-16-40)32-25-11-13-35-33(45-31-22(4)9-10-27-26(31)19-36-39-27)30(25)37-34(38-32)44-28-8-6-7-23-20-42(21(2)3)14-12-24(23)28/h5-11,13,19,21H,1,12,14-18,20H2,2-4H3,(H,36,39). The first-order chi connectivity index (χ1) is 21.9. The Kier molecular flexibility index (Phi) is 7.54. The molecule has 11 heteroatoms. The number of ether oxygens (including phenoxy) is 2. The van der Waals surface area contributed by atoms with Gasteiger partial charge in [0.1, 0.15) is 22.8 Å². The molecule has 0 radical (unpaired) electrons. The van der Waals surface area contributed by atoms with Gasteiger partial charge in [-0.05, 0) is 62.6 Å². The molecular weight excluding hydrogens is 568 g/mol. The minimum atomic E-state index is -0.0696. The molecule has 2 aliphatic heterocycles. The summed E-state index contributed by atoms with van der Waals surface area (Å²) in [7, 11) is 0. The average Bonchev–Trinajstić information content (AvgIpc) is 3.55. The molecule has 7 rings (SSSR count). The van der Waals surface area contributed by atoms with E-state index < -0.39 is 0 Å². The number of rotatable bonds is 7. The highest BCUT2D eigenvalue weighted by Crippen LogP contribution is 2.38. The topological polar surface area (TPSA) is 113 Å². The van der Waals surface area contributed by atoms with Crippen LogP contribution in [0.25, 0.3) is 21.8 Å². The van der Waals surface area contributed by atoms with E-state index >= 15 is 0 Å². The number of hydrogen-bond donors (Lipinski definition) is 1. The van der Waals surface area contributed by atoms with Crippen molar-refractivity contribution in [1.29, 1.82) is 0 Å². The van der Waals surface area contributed by atoms with Crippen LogP contribution in [0.15, 0.2) is 61.4 Å². The number of H-pyrrole nitrogens is 1. The minimum Gasteiger partial charge on any atom is -0.436 e. The van der Waals surface area contributed by atoms with Gasteiger partial charge in [-0.2, -0.15) is 15.1 Å². The number of aromatic amines is 1. The Hall–Kier alpha value is -5.03. The highest BCUT2D eigenvalue weighted by Gasteiger charge is 2.26. The number of carbonyl (C=O) groups excluding carboxylic acids is 1. The number of nitrogens with zero attached hydrogens (tertiary/aromatic N) is 7. The molecule has 0 spiro atoms. The number of carbonyl (C=O) groups is 1. The zero-order valence-corrected chi connectivity index (χ0v) is 25.8. The molecule has 1 amide bonds. The lowest BCUT2D eigenvalue weighted by atomic mass is 9.98. The van der Waals surface area contributed by atoms with Gasteiger partial charge in [0.2, 0.25) is 11.8 Å². The van der Waals surface area contributed by atoms with Gasteiger partial charge in [-0.15, -0.1) is 0 Å². The summed E-state index contributed by atoms with van der Waals surface area (Å²) in [6.07, 6.45) is 5.70. The summed E-state index contributed by atoms with van der Waals surface area (Å²) < 4.78 is 13.1. The smallest absolute Gasteiger partial charge is 0.324 e. The lowest BCUT2D eigenvalue weighted by molar-refractivity contribution is -0.126. The first-order valence-corrected chi connectivity index (χ1v) is 15.4. The summed E-state index contributed by atoms with van der Waals surface area (Å²) >= 11 is 0. The molecule has 0 atom stereocenters. The van der Waals surface area contributed by atoms with Crippen molar-refractivity contribution < 1.29 is 14.3 Å². The van der Waals surface area contributed by atoms with E-state index in [9.17, 15) is 4.79 Å². The normalized spacial score (nSPS) is 15.5. The van der Waals surface area contributed by atoms with E-state index in [2.05, 4.69) is 51.5 Å². The van der Waals surface area contributed by atoms with Gasteiger partial charge < -0.3 is 19.3 Å². The number of aryl methyl sites for hydroxylation is 1. The summed E-state index contributed by atoms with van der Waals surface area (Å²) in [4.78, 5) is 33.2. The first-order valence-electron chi connectivity index (χ1n) is 15.4. The number of amides is 1. The lowest BCUT2D eigenvalue weighted by Gasteiger charge is -2.35. The zero-order valence-electron chi connectivity index (χ0n) is 25.8. The number of piperazine rings is 1. The fourth-order valence-electron chi connectivity index (χ4n) is 6.19. The fraction of sp³-hybridized carbons (Fsp3) is 0.324. The van der Waals surface area contributed by atoms with Crippen molar-refractivity contribution in [2.75, 3.05) is 37.6 Å².